The van der Waals surface area contributed by atoms with Crippen molar-refractivity contribution in [1.29, 1.82) is 0 Å². The lowest BCUT2D eigenvalue weighted by atomic mass is 9.44. The van der Waals surface area contributed by atoms with Crippen LogP contribution in [0.1, 0.15) is 77.2 Å². The average molecular weight is 930 g/mol. The molecule has 4 aliphatic carbocycles. The highest BCUT2D eigenvalue weighted by molar-refractivity contribution is 7.98. The number of aliphatic hydroxyl groups is 2. The summed E-state index contributed by atoms with van der Waals surface area (Å²) in [5.41, 5.74) is -4.87. The summed E-state index contributed by atoms with van der Waals surface area (Å²) < 4.78 is 46.8. The van der Waals surface area contributed by atoms with Gasteiger partial charge in [0.1, 0.15) is 12.8 Å². The molecule has 6 aliphatic rings. The summed E-state index contributed by atoms with van der Waals surface area (Å²) in [6.45, 7) is 5.38. The molecule has 4 fully saturated rings. The molecular formula is C49H53F2N3O11S. The molecule has 0 bridgehead atoms. The number of nitrogens with one attached hydrogen (secondary N) is 2. The number of aliphatic hydroxyl groups excluding tert-OH is 2. The van der Waals surface area contributed by atoms with Gasteiger partial charge in [-0.05, 0) is 80.5 Å². The monoisotopic (exact) mass is 929 g/mol. The van der Waals surface area contributed by atoms with Gasteiger partial charge < -0.3 is 30.3 Å². The van der Waals surface area contributed by atoms with E-state index in [2.05, 4.69) is 10.6 Å². The Morgan fingerprint density at radius 2 is 1.70 bits per heavy atom. The number of carbonyl (C=O) groups excluding carboxylic acids is 7. The van der Waals surface area contributed by atoms with E-state index in [4.69, 9.17) is 9.47 Å². The largest absolute Gasteiger partial charge is 0.390 e. The van der Waals surface area contributed by atoms with Crippen molar-refractivity contribution in [1.82, 2.24) is 10.2 Å². The second-order valence-electron chi connectivity index (χ2n) is 18.8. The van der Waals surface area contributed by atoms with Crippen LogP contribution in [-0.2, 0) is 48.8 Å². The summed E-state index contributed by atoms with van der Waals surface area (Å²) in [7, 11) is 0. The standard InChI is InChI=1S/C49H53F2N3O11S/c1-26(18-37(57)27(2)52-41(60)15-17-54-42(61)12-13-43(54)62)44(63)53-30-6-5-7-32(19-30)66-25-28-8-10-29(11-9-28)45-64-40-22-33-34-21-36(50)35-20-31(56)14-16-46(35,3)48(34,51)38(58)23-47(33,4)49(40,65-45)39(59)24-55/h5-14,16,19-20,26-27,33-34,36,38,40,45,55,58H,15,17-18,21-25H2,1-4H3,(H,52,60)(H,53,63)/t26-,27+,33+,34+,36+,38+,40-,45-,46+,47+,48+,49-/m1/s1. The molecule has 0 aromatic heterocycles. The lowest BCUT2D eigenvalue weighted by molar-refractivity contribution is -0.235. The third kappa shape index (κ3) is 7.89. The number of amides is 4. The van der Waals surface area contributed by atoms with Gasteiger partial charge in [-0.1, -0.05) is 50.3 Å². The van der Waals surface area contributed by atoms with Crippen molar-refractivity contribution >= 4 is 58.4 Å². The Morgan fingerprint density at radius 3 is 2.39 bits per heavy atom. The molecular weight excluding hydrogens is 877 g/mol. The first-order valence-corrected chi connectivity index (χ1v) is 23.2. The summed E-state index contributed by atoms with van der Waals surface area (Å²) in [5.74, 6) is -5.24. The predicted octanol–water partition coefficient (Wildman–Crippen LogP) is 4.98. The number of benzene rings is 2. The zero-order valence-corrected chi connectivity index (χ0v) is 37.8. The molecule has 4 amide bonds. The minimum atomic E-state index is -2.35. The number of ketones is 3. The molecule has 350 valence electrons. The molecule has 2 heterocycles. The van der Waals surface area contributed by atoms with Gasteiger partial charge in [0.15, 0.2) is 34.9 Å². The van der Waals surface area contributed by atoms with Crippen LogP contribution in [-0.4, -0.2) is 105 Å². The van der Waals surface area contributed by atoms with Crippen LogP contribution in [0.2, 0.25) is 0 Å². The number of nitrogens with zero attached hydrogens (tertiary/aromatic N) is 1. The Hall–Kier alpha value is -5.20. The van der Waals surface area contributed by atoms with Crippen LogP contribution in [0.15, 0.2) is 89.4 Å². The number of alkyl halides is 2. The van der Waals surface area contributed by atoms with Crippen molar-refractivity contribution in [2.24, 2.45) is 28.6 Å². The van der Waals surface area contributed by atoms with E-state index in [1.807, 2.05) is 36.4 Å². The normalized spacial score (nSPS) is 33.9. The third-order valence-electron chi connectivity index (χ3n) is 15.0. The molecule has 0 radical (unpaired) electrons. The Balaban J connectivity index is 0.862. The fourth-order valence-electron chi connectivity index (χ4n) is 11.4. The van der Waals surface area contributed by atoms with Crippen molar-refractivity contribution in [2.45, 2.75) is 112 Å². The molecule has 0 spiro atoms. The van der Waals surface area contributed by atoms with E-state index in [-0.39, 0.29) is 55.9 Å². The molecule has 12 atom stereocenters. The molecule has 8 rings (SSSR count). The number of carbonyl (C=O) groups is 7. The lowest BCUT2D eigenvalue weighted by Crippen LogP contribution is -2.70. The number of Topliss-reactive ketones (excluding diaryl/α,β-unsaturated/α-hetero) is 2. The zero-order chi connectivity index (χ0) is 47.5. The Morgan fingerprint density at radius 1 is 0.985 bits per heavy atom. The predicted molar refractivity (Wildman–Crippen MR) is 235 cm³/mol. The van der Waals surface area contributed by atoms with Crippen molar-refractivity contribution in [2.75, 3.05) is 18.5 Å². The Labute approximate surface area is 384 Å². The topological polar surface area (TPSA) is 206 Å². The van der Waals surface area contributed by atoms with Gasteiger partial charge in [-0.15, -0.1) is 11.8 Å². The number of imide groups is 1. The molecule has 1 saturated heterocycles. The molecule has 0 unspecified atom stereocenters. The van der Waals surface area contributed by atoms with Crippen LogP contribution in [0.4, 0.5) is 14.5 Å². The number of rotatable bonds is 15. The minimum absolute atomic E-state index is 0.00272. The highest BCUT2D eigenvalue weighted by Crippen LogP contribution is 2.72. The number of allylic oxidation sites excluding steroid dienone is 4. The van der Waals surface area contributed by atoms with Gasteiger partial charge in [-0.25, -0.2) is 8.78 Å². The van der Waals surface area contributed by atoms with Gasteiger partial charge in [0.2, 0.25) is 11.8 Å². The van der Waals surface area contributed by atoms with Crippen molar-refractivity contribution < 1.29 is 62.0 Å². The molecule has 3 saturated carbocycles. The van der Waals surface area contributed by atoms with Gasteiger partial charge >= 0.3 is 0 Å². The van der Waals surface area contributed by atoms with Crippen molar-refractivity contribution in [3.63, 3.8) is 0 Å². The third-order valence-corrected chi connectivity index (χ3v) is 16.0. The first kappa shape index (κ1) is 47.3. The van der Waals surface area contributed by atoms with E-state index in [0.29, 0.717) is 17.0 Å². The maximum atomic E-state index is 17.7. The quantitative estimate of drug-likeness (QED) is 0.138. The van der Waals surface area contributed by atoms with E-state index < -0.39 is 106 Å². The SMILES string of the molecule is C[C@H](CC(=O)[C@H](C)NC(=O)CCN1C(=O)C=CC1=O)C(=O)Nc1cccc(SCc2ccc([C@@H]3O[C@@H]4C[C@H]5[C@@H]6C[C@H](F)C7=CC(=O)C=C[C@]7(C)[C@@]6(F)[C@@H](O)C[C@]5(C)[C@]4(C(=O)CO)O3)cc2)c1. The fourth-order valence-corrected chi connectivity index (χ4v) is 12.3. The zero-order valence-electron chi connectivity index (χ0n) is 37.0. The molecule has 17 heteroatoms. The van der Waals surface area contributed by atoms with Gasteiger partial charge in [0.25, 0.3) is 11.8 Å². The van der Waals surface area contributed by atoms with Gasteiger partial charge in [-0.3, -0.25) is 38.5 Å². The molecule has 14 nitrogen and oxygen atoms in total. The maximum Gasteiger partial charge on any atom is 0.253 e. The second-order valence-corrected chi connectivity index (χ2v) is 19.9. The molecule has 4 N–H and O–H groups in total. The van der Waals surface area contributed by atoms with Crippen LogP contribution in [0, 0.1) is 28.6 Å². The minimum Gasteiger partial charge on any atom is -0.390 e. The Kier molecular flexibility index (Phi) is 12.8. The van der Waals surface area contributed by atoms with Crippen LogP contribution in [0.3, 0.4) is 0 Å². The Bertz CT molecular complexity index is 2440. The number of anilines is 1. The number of halogens is 2. The van der Waals surface area contributed by atoms with Crippen LogP contribution in [0.5, 0.6) is 0 Å². The average Bonchev–Trinajstić information content (AvgIpc) is 3.91. The molecule has 2 aromatic carbocycles. The van der Waals surface area contributed by atoms with Crippen LogP contribution in [0.25, 0.3) is 0 Å². The van der Waals surface area contributed by atoms with Crippen molar-refractivity contribution in [3.05, 3.63) is 95.6 Å². The number of ether oxygens (including phenoxy) is 2. The highest BCUT2D eigenvalue weighted by Gasteiger charge is 2.80. The van der Waals surface area contributed by atoms with E-state index in [0.717, 1.165) is 33.6 Å². The number of hydrogen-bond acceptors (Lipinski definition) is 12. The summed E-state index contributed by atoms with van der Waals surface area (Å²) >= 11 is 1.51. The second kappa shape index (κ2) is 17.8. The fraction of sp³-hybridized carbons (Fsp3) is 0.490. The first-order valence-electron chi connectivity index (χ1n) is 22.2. The number of hydrogen-bond donors (Lipinski definition) is 4. The highest BCUT2D eigenvalue weighted by atomic mass is 32.2. The van der Waals surface area contributed by atoms with Gasteiger partial charge in [0.05, 0.1) is 18.2 Å². The maximum absolute atomic E-state index is 17.7. The molecule has 2 aromatic rings. The van der Waals surface area contributed by atoms with Gasteiger partial charge in [0, 0.05) is 76.1 Å². The van der Waals surface area contributed by atoms with E-state index in [9.17, 15) is 43.8 Å². The van der Waals surface area contributed by atoms with Crippen LogP contribution >= 0.6 is 11.8 Å². The summed E-state index contributed by atoms with van der Waals surface area (Å²) in [5, 5.41) is 27.5. The number of thioether (sulfide) groups is 1. The molecule has 2 aliphatic heterocycles. The summed E-state index contributed by atoms with van der Waals surface area (Å²) in [6.07, 6.45) is 0.0259. The summed E-state index contributed by atoms with van der Waals surface area (Å²) in [4.78, 5) is 89.7. The van der Waals surface area contributed by atoms with Gasteiger partial charge in [-0.2, -0.15) is 0 Å². The lowest BCUT2D eigenvalue weighted by Gasteiger charge is -2.63. The number of fused-ring (bicyclic) bond motifs is 7. The van der Waals surface area contributed by atoms with E-state index >= 15 is 8.78 Å². The van der Waals surface area contributed by atoms with Crippen LogP contribution < -0.4 is 10.6 Å². The van der Waals surface area contributed by atoms with Crippen molar-refractivity contribution in [3.8, 4) is 0 Å². The first-order chi connectivity index (χ1) is 31.2. The smallest absolute Gasteiger partial charge is 0.253 e. The van der Waals surface area contributed by atoms with E-state index in [1.165, 1.54) is 37.8 Å². The molecule has 66 heavy (non-hydrogen) atoms. The van der Waals surface area contributed by atoms with E-state index in [1.54, 1.807) is 26.0 Å². The summed E-state index contributed by atoms with van der Waals surface area (Å²) in [6, 6.07) is 13.7.